The molecule has 6 nitrogen and oxygen atoms in total. The molecule has 1 aromatic heterocycles. The first-order chi connectivity index (χ1) is 13.7. The summed E-state index contributed by atoms with van der Waals surface area (Å²) < 4.78 is 5.59. The molecule has 1 aliphatic heterocycles. The van der Waals surface area contributed by atoms with E-state index < -0.39 is 0 Å². The summed E-state index contributed by atoms with van der Waals surface area (Å²) in [7, 11) is 0. The van der Waals surface area contributed by atoms with Crippen LogP contribution >= 0.6 is 0 Å². The van der Waals surface area contributed by atoms with Gasteiger partial charge in [0.15, 0.2) is 0 Å². The Labute approximate surface area is 166 Å². The van der Waals surface area contributed by atoms with Crippen LogP contribution in [0.15, 0.2) is 34.9 Å². The molecule has 28 heavy (non-hydrogen) atoms. The van der Waals surface area contributed by atoms with Gasteiger partial charge in [0.05, 0.1) is 5.69 Å². The Kier molecular flexibility index (Phi) is 5.95. The Hall–Kier alpha value is -2.34. The molecule has 0 atom stereocenters. The van der Waals surface area contributed by atoms with E-state index in [0.29, 0.717) is 18.9 Å². The smallest absolute Gasteiger partial charge is 0.317 e. The Morgan fingerprint density at radius 3 is 2.57 bits per heavy atom. The summed E-state index contributed by atoms with van der Waals surface area (Å²) in [4.78, 5) is 21.5. The zero-order valence-electron chi connectivity index (χ0n) is 16.7. The van der Waals surface area contributed by atoms with E-state index in [2.05, 4.69) is 22.1 Å². The van der Waals surface area contributed by atoms with E-state index in [4.69, 9.17) is 4.42 Å². The second kappa shape index (κ2) is 8.78. The number of oxazole rings is 1. The number of carbonyl (C=O) groups is 1. The van der Waals surface area contributed by atoms with Crippen LogP contribution in [0.1, 0.15) is 36.9 Å². The number of aryl methyl sites for hydroxylation is 1. The van der Waals surface area contributed by atoms with E-state index in [1.54, 1.807) is 6.26 Å². The maximum absolute atomic E-state index is 12.4. The van der Waals surface area contributed by atoms with Crippen molar-refractivity contribution in [1.82, 2.24) is 20.1 Å². The molecule has 2 fully saturated rings. The Balaban J connectivity index is 1.20. The number of hydrogen-bond acceptors (Lipinski definition) is 4. The topological polar surface area (TPSA) is 61.6 Å². The molecule has 1 saturated carbocycles. The van der Waals surface area contributed by atoms with Crippen molar-refractivity contribution in [3.63, 3.8) is 0 Å². The zero-order valence-corrected chi connectivity index (χ0v) is 16.7. The number of urea groups is 1. The predicted octanol–water partition coefficient (Wildman–Crippen LogP) is 3.46. The van der Waals surface area contributed by atoms with Crippen molar-refractivity contribution in [2.24, 2.45) is 0 Å². The lowest BCUT2D eigenvalue weighted by atomic mass is 10.1. The van der Waals surface area contributed by atoms with E-state index in [1.165, 1.54) is 31.2 Å². The lowest BCUT2D eigenvalue weighted by Gasteiger charge is -2.38. The largest absolute Gasteiger partial charge is 0.444 e. The van der Waals surface area contributed by atoms with Crippen LogP contribution in [0.5, 0.6) is 0 Å². The van der Waals surface area contributed by atoms with Crippen molar-refractivity contribution < 1.29 is 9.21 Å². The molecule has 4 rings (SSSR count). The average molecular weight is 383 g/mol. The molecular formula is C22H30N4O2. The SMILES string of the molecule is Cc1ccc(-c2nc(CCNC(=O)N3CCN(C4CCCC4)CC3)co2)cc1. The van der Waals surface area contributed by atoms with E-state index in [-0.39, 0.29) is 6.03 Å². The highest BCUT2D eigenvalue weighted by molar-refractivity contribution is 5.74. The van der Waals surface area contributed by atoms with Gasteiger partial charge in [-0.3, -0.25) is 4.90 Å². The molecule has 6 heteroatoms. The van der Waals surface area contributed by atoms with Crippen LogP contribution in [-0.2, 0) is 6.42 Å². The van der Waals surface area contributed by atoms with Crippen molar-refractivity contribution in [3.05, 3.63) is 41.8 Å². The molecule has 2 amide bonds. The summed E-state index contributed by atoms with van der Waals surface area (Å²) >= 11 is 0. The van der Waals surface area contributed by atoms with Crippen molar-refractivity contribution >= 4 is 6.03 Å². The summed E-state index contributed by atoms with van der Waals surface area (Å²) in [6, 6.07) is 8.90. The second-order valence-electron chi connectivity index (χ2n) is 7.95. The molecule has 2 aromatic rings. The van der Waals surface area contributed by atoms with Crippen LogP contribution in [0, 0.1) is 6.92 Å². The summed E-state index contributed by atoms with van der Waals surface area (Å²) in [5, 5.41) is 3.03. The average Bonchev–Trinajstić information content (AvgIpc) is 3.41. The second-order valence-corrected chi connectivity index (χ2v) is 7.95. The third-order valence-corrected chi connectivity index (χ3v) is 5.95. The number of hydrogen-bond donors (Lipinski definition) is 1. The minimum atomic E-state index is 0.0355. The van der Waals surface area contributed by atoms with Crippen molar-refractivity contribution in [2.75, 3.05) is 32.7 Å². The van der Waals surface area contributed by atoms with Crippen LogP contribution in [0.25, 0.3) is 11.5 Å². The molecule has 0 spiro atoms. The van der Waals surface area contributed by atoms with Crippen molar-refractivity contribution in [1.29, 1.82) is 0 Å². The van der Waals surface area contributed by atoms with Crippen LogP contribution < -0.4 is 5.32 Å². The van der Waals surface area contributed by atoms with Gasteiger partial charge in [-0.1, -0.05) is 30.5 Å². The molecule has 150 valence electrons. The van der Waals surface area contributed by atoms with Crippen LogP contribution in [0.4, 0.5) is 4.79 Å². The molecule has 0 unspecified atom stereocenters. The van der Waals surface area contributed by atoms with Gasteiger partial charge < -0.3 is 14.6 Å². The Morgan fingerprint density at radius 2 is 1.86 bits per heavy atom. The quantitative estimate of drug-likeness (QED) is 0.860. The summed E-state index contributed by atoms with van der Waals surface area (Å²) in [5.41, 5.74) is 3.05. The zero-order chi connectivity index (χ0) is 19.3. The van der Waals surface area contributed by atoms with Gasteiger partial charge in [0.2, 0.25) is 5.89 Å². The minimum absolute atomic E-state index is 0.0355. The first-order valence-corrected chi connectivity index (χ1v) is 10.5. The molecule has 1 aromatic carbocycles. The normalized spacial score (nSPS) is 18.5. The third kappa shape index (κ3) is 4.55. The molecule has 2 aliphatic rings. The number of rotatable bonds is 5. The molecule has 0 radical (unpaired) electrons. The van der Waals surface area contributed by atoms with Gasteiger partial charge in [-0.25, -0.2) is 9.78 Å². The van der Waals surface area contributed by atoms with E-state index in [1.807, 2.05) is 29.2 Å². The monoisotopic (exact) mass is 382 g/mol. The van der Waals surface area contributed by atoms with Gasteiger partial charge >= 0.3 is 6.03 Å². The van der Waals surface area contributed by atoms with Crippen molar-refractivity contribution in [2.45, 2.75) is 45.1 Å². The lowest BCUT2D eigenvalue weighted by molar-refractivity contribution is 0.110. The Morgan fingerprint density at radius 1 is 1.14 bits per heavy atom. The Bertz CT molecular complexity index is 772. The minimum Gasteiger partial charge on any atom is -0.444 e. The summed E-state index contributed by atoms with van der Waals surface area (Å²) in [6.45, 7) is 6.28. The third-order valence-electron chi connectivity index (χ3n) is 5.95. The molecule has 1 aliphatic carbocycles. The first kappa shape index (κ1) is 19.0. The number of nitrogens with one attached hydrogen (secondary N) is 1. The summed E-state index contributed by atoms with van der Waals surface area (Å²) in [5.74, 6) is 0.629. The fourth-order valence-electron chi connectivity index (χ4n) is 4.22. The molecule has 1 saturated heterocycles. The standard InChI is InChI=1S/C22H30N4O2/c1-17-6-8-18(9-7-17)21-24-19(16-28-21)10-11-23-22(27)26-14-12-25(13-15-26)20-4-2-3-5-20/h6-9,16,20H,2-5,10-15H2,1H3,(H,23,27). The number of amides is 2. The lowest BCUT2D eigenvalue weighted by Crippen LogP contribution is -2.53. The number of aromatic nitrogens is 1. The van der Waals surface area contributed by atoms with Gasteiger partial charge in [-0.2, -0.15) is 0 Å². The van der Waals surface area contributed by atoms with Crippen LogP contribution in [-0.4, -0.2) is 59.6 Å². The number of nitrogens with zero attached hydrogens (tertiary/aromatic N) is 3. The summed E-state index contributed by atoms with van der Waals surface area (Å²) in [6.07, 6.45) is 7.73. The maximum Gasteiger partial charge on any atom is 0.317 e. The molecule has 1 N–H and O–H groups in total. The van der Waals surface area contributed by atoms with Gasteiger partial charge in [0.25, 0.3) is 0 Å². The number of carbonyl (C=O) groups excluding carboxylic acids is 1. The molecular weight excluding hydrogens is 352 g/mol. The van der Waals surface area contributed by atoms with E-state index >= 15 is 0 Å². The highest BCUT2D eigenvalue weighted by atomic mass is 16.3. The van der Waals surface area contributed by atoms with Crippen molar-refractivity contribution in [3.8, 4) is 11.5 Å². The predicted molar refractivity (Wildman–Crippen MR) is 109 cm³/mol. The van der Waals surface area contributed by atoms with E-state index in [9.17, 15) is 4.79 Å². The van der Waals surface area contributed by atoms with Gasteiger partial charge in [-0.05, 0) is 31.9 Å². The number of benzene rings is 1. The van der Waals surface area contributed by atoms with Crippen LogP contribution in [0.3, 0.4) is 0 Å². The fraction of sp³-hybridized carbons (Fsp3) is 0.545. The molecule has 0 bridgehead atoms. The van der Waals surface area contributed by atoms with E-state index in [0.717, 1.165) is 43.5 Å². The highest BCUT2D eigenvalue weighted by Crippen LogP contribution is 2.24. The van der Waals surface area contributed by atoms with Gasteiger partial charge in [-0.15, -0.1) is 0 Å². The first-order valence-electron chi connectivity index (χ1n) is 10.5. The molecule has 2 heterocycles. The highest BCUT2D eigenvalue weighted by Gasteiger charge is 2.27. The van der Waals surface area contributed by atoms with Crippen LogP contribution in [0.2, 0.25) is 0 Å². The fourth-order valence-corrected chi connectivity index (χ4v) is 4.22. The van der Waals surface area contributed by atoms with Gasteiger partial charge in [0, 0.05) is 50.7 Å². The number of piperazine rings is 1. The van der Waals surface area contributed by atoms with Gasteiger partial charge in [0.1, 0.15) is 6.26 Å². The maximum atomic E-state index is 12.4.